The molecule has 0 aromatic carbocycles. The molecule has 0 radical (unpaired) electrons. The summed E-state index contributed by atoms with van der Waals surface area (Å²) in [7, 11) is 0. The van der Waals surface area contributed by atoms with Gasteiger partial charge in [0.05, 0.1) is 6.61 Å². The summed E-state index contributed by atoms with van der Waals surface area (Å²) in [6.07, 6.45) is 6.32. The number of rotatable bonds is 10. The lowest BCUT2D eigenvalue weighted by Crippen LogP contribution is -2.57. The topological polar surface area (TPSA) is 24.5 Å². The molecule has 3 heteroatoms. The molecule has 1 rings (SSSR count). The predicted octanol–water partition coefficient (Wildman–Crippen LogP) is 3.29. The summed E-state index contributed by atoms with van der Waals surface area (Å²) in [6, 6.07) is 1.39. The minimum atomic E-state index is 0.684. The Hall–Kier alpha value is -0.120. The monoisotopic (exact) mass is 284 g/mol. The van der Waals surface area contributed by atoms with Crippen LogP contribution in [0.2, 0.25) is 0 Å². The molecule has 1 aliphatic rings. The largest absolute Gasteiger partial charge is 0.380 e. The van der Waals surface area contributed by atoms with Crippen LogP contribution in [0.3, 0.4) is 0 Å². The van der Waals surface area contributed by atoms with Gasteiger partial charge in [0.25, 0.3) is 0 Å². The Bertz CT molecular complexity index is 233. The van der Waals surface area contributed by atoms with Gasteiger partial charge in [0, 0.05) is 38.3 Å². The Balaban J connectivity index is 2.28. The van der Waals surface area contributed by atoms with E-state index in [1.165, 1.54) is 38.6 Å². The number of nitrogens with one attached hydrogen (secondary N) is 1. The SMILES string of the molecule is CCCC1CN(CCOCCC(C)C)C(CCC)CN1. The van der Waals surface area contributed by atoms with Crippen LogP contribution in [0, 0.1) is 5.92 Å². The van der Waals surface area contributed by atoms with E-state index < -0.39 is 0 Å². The number of ether oxygens (including phenoxy) is 1. The van der Waals surface area contributed by atoms with Gasteiger partial charge in [-0.05, 0) is 25.2 Å². The molecule has 1 N–H and O–H groups in total. The first-order valence-corrected chi connectivity index (χ1v) is 8.72. The second kappa shape index (κ2) is 10.6. The molecular formula is C17H36N2O. The first kappa shape index (κ1) is 17.9. The van der Waals surface area contributed by atoms with Crippen molar-refractivity contribution in [2.24, 2.45) is 5.92 Å². The number of hydrogen-bond donors (Lipinski definition) is 1. The Kier molecular flexibility index (Phi) is 9.49. The van der Waals surface area contributed by atoms with E-state index in [0.717, 1.165) is 32.2 Å². The van der Waals surface area contributed by atoms with Crippen LogP contribution in [0.5, 0.6) is 0 Å². The van der Waals surface area contributed by atoms with Crippen molar-refractivity contribution < 1.29 is 4.74 Å². The smallest absolute Gasteiger partial charge is 0.0593 e. The highest BCUT2D eigenvalue weighted by molar-refractivity contribution is 4.85. The van der Waals surface area contributed by atoms with Gasteiger partial charge < -0.3 is 10.1 Å². The van der Waals surface area contributed by atoms with Crippen molar-refractivity contribution in [1.29, 1.82) is 0 Å². The highest BCUT2D eigenvalue weighted by atomic mass is 16.5. The molecule has 1 fully saturated rings. The maximum Gasteiger partial charge on any atom is 0.0593 e. The average Bonchev–Trinajstić information content (AvgIpc) is 2.41. The van der Waals surface area contributed by atoms with Crippen LogP contribution in [0.15, 0.2) is 0 Å². The fraction of sp³-hybridized carbons (Fsp3) is 1.00. The molecule has 1 heterocycles. The van der Waals surface area contributed by atoms with Crippen LogP contribution < -0.4 is 5.32 Å². The average molecular weight is 284 g/mol. The molecule has 0 aliphatic carbocycles. The quantitative estimate of drug-likeness (QED) is 0.623. The van der Waals surface area contributed by atoms with Gasteiger partial charge in [0.15, 0.2) is 0 Å². The molecule has 3 nitrogen and oxygen atoms in total. The Morgan fingerprint density at radius 2 is 1.90 bits per heavy atom. The zero-order valence-corrected chi connectivity index (χ0v) is 14.2. The van der Waals surface area contributed by atoms with E-state index in [9.17, 15) is 0 Å². The van der Waals surface area contributed by atoms with Crippen molar-refractivity contribution in [2.75, 3.05) is 32.8 Å². The van der Waals surface area contributed by atoms with Crippen molar-refractivity contribution in [2.45, 2.75) is 71.9 Å². The maximum atomic E-state index is 5.81. The fourth-order valence-electron chi connectivity index (χ4n) is 2.96. The third-order valence-corrected chi connectivity index (χ3v) is 4.23. The minimum absolute atomic E-state index is 0.684. The molecule has 0 aromatic rings. The normalized spacial score (nSPS) is 24.4. The van der Waals surface area contributed by atoms with Crippen LogP contribution in [-0.4, -0.2) is 49.8 Å². The molecule has 0 aromatic heterocycles. The van der Waals surface area contributed by atoms with Crippen molar-refractivity contribution in [3.05, 3.63) is 0 Å². The van der Waals surface area contributed by atoms with Crippen LogP contribution in [0.25, 0.3) is 0 Å². The molecule has 0 bridgehead atoms. The third-order valence-electron chi connectivity index (χ3n) is 4.23. The van der Waals surface area contributed by atoms with E-state index in [4.69, 9.17) is 4.74 Å². The maximum absolute atomic E-state index is 5.81. The number of piperazine rings is 1. The molecular weight excluding hydrogens is 248 g/mol. The van der Waals surface area contributed by atoms with E-state index in [0.29, 0.717) is 12.1 Å². The van der Waals surface area contributed by atoms with E-state index in [1.807, 2.05) is 0 Å². The predicted molar refractivity (Wildman–Crippen MR) is 87.2 cm³/mol. The van der Waals surface area contributed by atoms with Gasteiger partial charge >= 0.3 is 0 Å². The zero-order chi connectivity index (χ0) is 14.8. The second-order valence-electron chi connectivity index (χ2n) is 6.63. The lowest BCUT2D eigenvalue weighted by atomic mass is 10.0. The first-order chi connectivity index (χ1) is 9.67. The summed E-state index contributed by atoms with van der Waals surface area (Å²) in [5.41, 5.74) is 0. The molecule has 0 amide bonds. The summed E-state index contributed by atoms with van der Waals surface area (Å²) in [5.74, 6) is 0.746. The van der Waals surface area contributed by atoms with Crippen LogP contribution >= 0.6 is 0 Å². The van der Waals surface area contributed by atoms with Gasteiger partial charge in [-0.3, -0.25) is 4.90 Å². The molecule has 20 heavy (non-hydrogen) atoms. The summed E-state index contributed by atoms with van der Waals surface area (Å²) < 4.78 is 5.81. The summed E-state index contributed by atoms with van der Waals surface area (Å²) in [4.78, 5) is 2.66. The third kappa shape index (κ3) is 7.05. The lowest BCUT2D eigenvalue weighted by Gasteiger charge is -2.40. The standard InChI is InChI=1S/C17H36N2O/c1-5-7-16-14-19(17(8-6-2)13-18-16)10-12-20-11-9-15(3)4/h15-18H,5-14H2,1-4H3. The Labute approximate surface area is 126 Å². The van der Waals surface area contributed by atoms with Gasteiger partial charge in [-0.25, -0.2) is 0 Å². The van der Waals surface area contributed by atoms with Crippen molar-refractivity contribution in [3.8, 4) is 0 Å². The molecule has 120 valence electrons. The highest BCUT2D eigenvalue weighted by Crippen LogP contribution is 2.14. The van der Waals surface area contributed by atoms with Gasteiger partial charge in [0.2, 0.25) is 0 Å². The number of nitrogens with zero attached hydrogens (tertiary/aromatic N) is 1. The Morgan fingerprint density at radius 3 is 2.55 bits per heavy atom. The van der Waals surface area contributed by atoms with Gasteiger partial charge in [-0.1, -0.05) is 40.5 Å². The van der Waals surface area contributed by atoms with Crippen molar-refractivity contribution in [3.63, 3.8) is 0 Å². The van der Waals surface area contributed by atoms with Crippen molar-refractivity contribution >= 4 is 0 Å². The van der Waals surface area contributed by atoms with Gasteiger partial charge in [0.1, 0.15) is 0 Å². The van der Waals surface area contributed by atoms with Gasteiger partial charge in [-0.2, -0.15) is 0 Å². The molecule has 2 unspecified atom stereocenters. The van der Waals surface area contributed by atoms with Gasteiger partial charge in [-0.15, -0.1) is 0 Å². The van der Waals surface area contributed by atoms with Crippen LogP contribution in [0.1, 0.15) is 59.8 Å². The molecule has 1 saturated heterocycles. The van der Waals surface area contributed by atoms with E-state index in [-0.39, 0.29) is 0 Å². The zero-order valence-electron chi connectivity index (χ0n) is 14.2. The van der Waals surface area contributed by atoms with Crippen LogP contribution in [-0.2, 0) is 4.74 Å². The van der Waals surface area contributed by atoms with Crippen LogP contribution in [0.4, 0.5) is 0 Å². The molecule has 0 saturated carbocycles. The Morgan fingerprint density at radius 1 is 1.15 bits per heavy atom. The highest BCUT2D eigenvalue weighted by Gasteiger charge is 2.26. The first-order valence-electron chi connectivity index (χ1n) is 8.72. The van der Waals surface area contributed by atoms with Crippen molar-refractivity contribution in [1.82, 2.24) is 10.2 Å². The van der Waals surface area contributed by atoms with E-state index in [1.54, 1.807) is 0 Å². The minimum Gasteiger partial charge on any atom is -0.380 e. The molecule has 0 spiro atoms. The second-order valence-corrected chi connectivity index (χ2v) is 6.63. The summed E-state index contributed by atoms with van der Waals surface area (Å²) in [5, 5.41) is 3.72. The molecule has 1 aliphatic heterocycles. The number of hydrogen-bond acceptors (Lipinski definition) is 3. The molecule has 2 atom stereocenters. The van der Waals surface area contributed by atoms with E-state index in [2.05, 4.69) is 37.9 Å². The van der Waals surface area contributed by atoms with E-state index >= 15 is 0 Å². The summed E-state index contributed by atoms with van der Waals surface area (Å²) >= 11 is 0. The lowest BCUT2D eigenvalue weighted by molar-refractivity contribution is 0.0575. The fourth-order valence-corrected chi connectivity index (χ4v) is 2.96. The summed E-state index contributed by atoms with van der Waals surface area (Å²) in [6.45, 7) is 14.3.